The third kappa shape index (κ3) is 4.69. The van der Waals surface area contributed by atoms with Crippen molar-refractivity contribution in [3.05, 3.63) is 34.9 Å². The number of amides is 1. The summed E-state index contributed by atoms with van der Waals surface area (Å²) in [6.07, 6.45) is 4.97. The van der Waals surface area contributed by atoms with Gasteiger partial charge in [-0.1, -0.05) is 43.0 Å². The number of aliphatic hydroxyl groups excluding tert-OH is 1. The van der Waals surface area contributed by atoms with Crippen LogP contribution in [0.5, 0.6) is 0 Å². The molecule has 23 heavy (non-hydrogen) atoms. The van der Waals surface area contributed by atoms with E-state index in [1.54, 1.807) is 7.11 Å². The van der Waals surface area contributed by atoms with E-state index in [0.717, 1.165) is 31.2 Å². The lowest BCUT2D eigenvalue weighted by Gasteiger charge is -2.36. The van der Waals surface area contributed by atoms with Crippen LogP contribution in [0.25, 0.3) is 0 Å². The molecule has 128 valence electrons. The predicted octanol–water partition coefficient (Wildman–Crippen LogP) is 3.06. The van der Waals surface area contributed by atoms with Crippen molar-refractivity contribution in [1.29, 1.82) is 0 Å². The maximum atomic E-state index is 12.9. The van der Waals surface area contributed by atoms with Gasteiger partial charge >= 0.3 is 0 Å². The molecular weight excluding hydrogens is 314 g/mol. The molecule has 4 nitrogen and oxygen atoms in total. The first kappa shape index (κ1) is 18.2. The highest BCUT2D eigenvalue weighted by Gasteiger charge is 2.40. The molecule has 0 heterocycles. The van der Waals surface area contributed by atoms with Crippen LogP contribution in [0.4, 0.5) is 0 Å². The molecule has 0 aromatic heterocycles. The van der Waals surface area contributed by atoms with Gasteiger partial charge in [0.2, 0.25) is 5.91 Å². The van der Waals surface area contributed by atoms with Gasteiger partial charge in [-0.25, -0.2) is 0 Å². The zero-order valence-electron chi connectivity index (χ0n) is 13.7. The van der Waals surface area contributed by atoms with Crippen molar-refractivity contribution in [1.82, 2.24) is 5.32 Å². The fraction of sp³-hybridized carbons (Fsp3) is 0.611. The minimum Gasteiger partial charge on any atom is -0.391 e. The molecule has 0 spiro atoms. The molecule has 0 aliphatic heterocycles. The lowest BCUT2D eigenvalue weighted by atomic mass is 9.68. The van der Waals surface area contributed by atoms with Crippen molar-refractivity contribution >= 4 is 17.5 Å². The molecular formula is C18H26ClNO3. The van der Waals surface area contributed by atoms with Gasteiger partial charge in [0, 0.05) is 18.7 Å². The molecule has 1 unspecified atom stereocenters. The van der Waals surface area contributed by atoms with Gasteiger partial charge in [0.05, 0.1) is 18.1 Å². The largest absolute Gasteiger partial charge is 0.391 e. The van der Waals surface area contributed by atoms with Crippen molar-refractivity contribution < 1.29 is 14.6 Å². The Labute approximate surface area is 143 Å². The Morgan fingerprint density at radius 1 is 1.30 bits per heavy atom. The Balaban J connectivity index is 2.05. The minimum absolute atomic E-state index is 0.0594. The number of halogens is 1. The highest BCUT2D eigenvalue weighted by atomic mass is 35.5. The summed E-state index contributed by atoms with van der Waals surface area (Å²) in [5.74, 6) is 0.0594. The number of aliphatic hydroxyl groups is 1. The van der Waals surface area contributed by atoms with Crippen molar-refractivity contribution in [3.8, 4) is 0 Å². The molecule has 1 aliphatic carbocycles. The van der Waals surface area contributed by atoms with E-state index in [2.05, 4.69) is 5.32 Å². The molecule has 0 radical (unpaired) electrons. The van der Waals surface area contributed by atoms with E-state index in [4.69, 9.17) is 16.3 Å². The molecule has 1 saturated carbocycles. The number of rotatable bonds is 7. The quantitative estimate of drug-likeness (QED) is 0.802. The molecule has 2 N–H and O–H groups in total. The Hall–Kier alpha value is -1.10. The van der Waals surface area contributed by atoms with Crippen LogP contribution in [0, 0.1) is 0 Å². The van der Waals surface area contributed by atoms with Gasteiger partial charge < -0.3 is 15.2 Å². The molecule has 1 aliphatic rings. The molecule has 1 aromatic rings. The number of nitrogens with one attached hydrogen (secondary N) is 1. The Bertz CT molecular complexity index is 497. The summed E-state index contributed by atoms with van der Waals surface area (Å²) in [5, 5.41) is 13.4. The molecule has 2 rings (SSSR count). The highest BCUT2D eigenvalue weighted by Crippen LogP contribution is 2.40. The van der Waals surface area contributed by atoms with Gasteiger partial charge in [-0.2, -0.15) is 0 Å². The molecule has 1 aromatic carbocycles. The van der Waals surface area contributed by atoms with E-state index in [0.29, 0.717) is 18.0 Å². The topological polar surface area (TPSA) is 58.6 Å². The van der Waals surface area contributed by atoms with Gasteiger partial charge in [0.1, 0.15) is 0 Å². The third-order valence-corrected chi connectivity index (χ3v) is 4.91. The van der Waals surface area contributed by atoms with Gasteiger partial charge in [0.25, 0.3) is 0 Å². The van der Waals surface area contributed by atoms with Crippen LogP contribution in [-0.2, 0) is 14.9 Å². The molecule has 1 fully saturated rings. The number of methoxy groups -OCH3 is 1. The maximum Gasteiger partial charge on any atom is 0.230 e. The van der Waals surface area contributed by atoms with Crippen LogP contribution in [-0.4, -0.2) is 37.4 Å². The molecule has 1 atom stereocenters. The number of carbonyl (C=O) groups excluding carboxylic acids is 1. The predicted molar refractivity (Wildman–Crippen MR) is 91.7 cm³/mol. The van der Waals surface area contributed by atoms with Crippen LogP contribution in [0.15, 0.2) is 24.3 Å². The molecule has 0 bridgehead atoms. The fourth-order valence-electron chi connectivity index (χ4n) is 3.37. The second-order valence-electron chi connectivity index (χ2n) is 6.30. The van der Waals surface area contributed by atoms with Crippen LogP contribution in [0.2, 0.25) is 5.02 Å². The average molecular weight is 340 g/mol. The lowest BCUT2D eigenvalue weighted by Crippen LogP contribution is -2.46. The number of ether oxygens (including phenoxy) is 1. The third-order valence-electron chi connectivity index (χ3n) is 4.66. The summed E-state index contributed by atoms with van der Waals surface area (Å²) in [4.78, 5) is 12.9. The number of benzene rings is 1. The Morgan fingerprint density at radius 3 is 2.57 bits per heavy atom. The Kier molecular flexibility index (Phi) is 6.88. The van der Waals surface area contributed by atoms with Crippen molar-refractivity contribution in [3.63, 3.8) is 0 Å². The van der Waals surface area contributed by atoms with Crippen LogP contribution in [0.3, 0.4) is 0 Å². The van der Waals surface area contributed by atoms with E-state index in [9.17, 15) is 9.90 Å². The standard InChI is InChI=1S/C18H26ClNO3/c1-23-13-16(21)9-12-20-17(22)18(10-3-2-4-11-18)14-5-7-15(19)8-6-14/h5-8,16,21H,2-4,9-13H2,1H3,(H,20,22). The molecule has 5 heteroatoms. The maximum absolute atomic E-state index is 12.9. The first-order valence-corrected chi connectivity index (χ1v) is 8.67. The number of hydrogen-bond acceptors (Lipinski definition) is 3. The second kappa shape index (κ2) is 8.67. The summed E-state index contributed by atoms with van der Waals surface area (Å²) in [6, 6.07) is 7.63. The van der Waals surface area contributed by atoms with E-state index in [1.807, 2.05) is 24.3 Å². The normalized spacial score (nSPS) is 18.4. The van der Waals surface area contributed by atoms with Crippen molar-refractivity contribution in [2.45, 2.75) is 50.0 Å². The first-order valence-electron chi connectivity index (χ1n) is 8.30. The lowest BCUT2D eigenvalue weighted by molar-refractivity contribution is -0.128. The van der Waals surface area contributed by atoms with E-state index < -0.39 is 11.5 Å². The van der Waals surface area contributed by atoms with Crippen LogP contribution < -0.4 is 5.32 Å². The molecule has 0 saturated heterocycles. The smallest absolute Gasteiger partial charge is 0.230 e. The molecule has 1 amide bonds. The van der Waals surface area contributed by atoms with Crippen LogP contribution in [0.1, 0.15) is 44.1 Å². The van der Waals surface area contributed by atoms with Gasteiger partial charge in [-0.05, 0) is 37.0 Å². The summed E-state index contributed by atoms with van der Waals surface area (Å²) in [6.45, 7) is 0.747. The van der Waals surface area contributed by atoms with E-state index in [1.165, 1.54) is 6.42 Å². The summed E-state index contributed by atoms with van der Waals surface area (Å²) in [7, 11) is 1.55. The minimum atomic E-state index is -0.543. The second-order valence-corrected chi connectivity index (χ2v) is 6.74. The van der Waals surface area contributed by atoms with E-state index >= 15 is 0 Å². The first-order chi connectivity index (χ1) is 11.1. The zero-order valence-corrected chi connectivity index (χ0v) is 14.4. The fourth-order valence-corrected chi connectivity index (χ4v) is 3.49. The van der Waals surface area contributed by atoms with E-state index in [-0.39, 0.29) is 12.5 Å². The number of hydrogen-bond donors (Lipinski definition) is 2. The van der Waals surface area contributed by atoms with Gasteiger partial charge in [-0.15, -0.1) is 0 Å². The van der Waals surface area contributed by atoms with Crippen LogP contribution >= 0.6 is 11.6 Å². The van der Waals surface area contributed by atoms with Crippen molar-refractivity contribution in [2.75, 3.05) is 20.3 Å². The average Bonchev–Trinajstić information content (AvgIpc) is 2.56. The van der Waals surface area contributed by atoms with Crippen molar-refractivity contribution in [2.24, 2.45) is 0 Å². The summed E-state index contributed by atoms with van der Waals surface area (Å²) in [5.41, 5.74) is 0.575. The Morgan fingerprint density at radius 2 is 1.96 bits per heavy atom. The monoisotopic (exact) mass is 339 g/mol. The van der Waals surface area contributed by atoms with Gasteiger partial charge in [0.15, 0.2) is 0 Å². The number of carbonyl (C=O) groups is 1. The van der Waals surface area contributed by atoms with Gasteiger partial charge in [-0.3, -0.25) is 4.79 Å². The SMILES string of the molecule is COCC(O)CCNC(=O)C1(c2ccc(Cl)cc2)CCCCC1. The highest BCUT2D eigenvalue weighted by molar-refractivity contribution is 6.30. The zero-order chi connectivity index (χ0) is 16.7. The summed E-state index contributed by atoms with van der Waals surface area (Å²) >= 11 is 5.98. The summed E-state index contributed by atoms with van der Waals surface area (Å²) < 4.78 is 4.90.